The van der Waals surface area contributed by atoms with Gasteiger partial charge >= 0.3 is 0 Å². The Balaban J connectivity index is 2.35. The molecular formula is C17H29NO3. The predicted molar refractivity (Wildman–Crippen MR) is 86.1 cm³/mol. The van der Waals surface area contributed by atoms with Crippen LogP contribution in [0.4, 0.5) is 0 Å². The second-order valence-corrected chi connectivity index (χ2v) is 5.11. The maximum atomic E-state index is 5.65. The van der Waals surface area contributed by atoms with E-state index < -0.39 is 0 Å². The lowest BCUT2D eigenvalue weighted by Gasteiger charge is -2.18. The van der Waals surface area contributed by atoms with Gasteiger partial charge in [0.1, 0.15) is 5.75 Å². The van der Waals surface area contributed by atoms with Crippen LogP contribution in [0.5, 0.6) is 5.75 Å². The molecule has 0 saturated heterocycles. The normalized spacial score (nSPS) is 12.3. The Morgan fingerprint density at radius 2 is 1.86 bits per heavy atom. The summed E-state index contributed by atoms with van der Waals surface area (Å²) in [5, 5.41) is 3.55. The van der Waals surface area contributed by atoms with Crippen molar-refractivity contribution in [1.29, 1.82) is 0 Å². The molecular weight excluding hydrogens is 266 g/mol. The summed E-state index contributed by atoms with van der Waals surface area (Å²) in [6.07, 6.45) is 3.25. The highest BCUT2D eigenvalue weighted by atomic mass is 16.5. The molecule has 0 amide bonds. The zero-order chi connectivity index (χ0) is 15.3. The Labute approximate surface area is 128 Å². The first kappa shape index (κ1) is 18.0. The lowest BCUT2D eigenvalue weighted by Crippen LogP contribution is -2.35. The van der Waals surface area contributed by atoms with Crippen molar-refractivity contribution in [3.8, 4) is 5.75 Å². The molecule has 0 fully saturated rings. The van der Waals surface area contributed by atoms with Gasteiger partial charge in [0.2, 0.25) is 0 Å². The molecule has 0 aliphatic rings. The number of hydrogen-bond acceptors (Lipinski definition) is 4. The third-order valence-electron chi connectivity index (χ3n) is 3.37. The minimum Gasteiger partial charge on any atom is -0.497 e. The van der Waals surface area contributed by atoms with E-state index in [0.717, 1.165) is 38.2 Å². The van der Waals surface area contributed by atoms with Crippen molar-refractivity contribution < 1.29 is 14.2 Å². The molecule has 0 aliphatic carbocycles. The number of ether oxygens (including phenoxy) is 3. The summed E-state index contributed by atoms with van der Waals surface area (Å²) in [6.45, 7) is 5.25. The number of benzene rings is 1. The van der Waals surface area contributed by atoms with Gasteiger partial charge in [-0.2, -0.15) is 0 Å². The first-order valence-electron chi connectivity index (χ1n) is 7.73. The molecule has 21 heavy (non-hydrogen) atoms. The van der Waals surface area contributed by atoms with E-state index in [-0.39, 0.29) is 0 Å². The van der Waals surface area contributed by atoms with Crippen molar-refractivity contribution in [2.75, 3.05) is 40.6 Å². The summed E-state index contributed by atoms with van der Waals surface area (Å²) >= 11 is 0. The summed E-state index contributed by atoms with van der Waals surface area (Å²) in [4.78, 5) is 0. The van der Waals surface area contributed by atoms with Gasteiger partial charge in [-0.1, -0.05) is 19.1 Å². The van der Waals surface area contributed by atoms with E-state index >= 15 is 0 Å². The first-order valence-corrected chi connectivity index (χ1v) is 7.73. The van der Waals surface area contributed by atoms with Crippen molar-refractivity contribution in [2.45, 2.75) is 32.2 Å². The molecule has 120 valence electrons. The van der Waals surface area contributed by atoms with Crippen molar-refractivity contribution >= 4 is 0 Å². The Morgan fingerprint density at radius 3 is 2.48 bits per heavy atom. The quantitative estimate of drug-likeness (QED) is 0.602. The van der Waals surface area contributed by atoms with Gasteiger partial charge in [0.25, 0.3) is 0 Å². The SMILES string of the molecule is CCCNC(CCc1ccc(OC)cc1)COCCOC. The second-order valence-electron chi connectivity index (χ2n) is 5.11. The number of aryl methyl sites for hydroxylation is 1. The van der Waals surface area contributed by atoms with Crippen LogP contribution in [0.15, 0.2) is 24.3 Å². The minimum absolute atomic E-state index is 0.393. The zero-order valence-electron chi connectivity index (χ0n) is 13.6. The lowest BCUT2D eigenvalue weighted by atomic mass is 10.1. The Hall–Kier alpha value is -1.10. The molecule has 4 heteroatoms. The van der Waals surface area contributed by atoms with E-state index in [9.17, 15) is 0 Å². The van der Waals surface area contributed by atoms with Gasteiger partial charge in [-0.3, -0.25) is 0 Å². The topological polar surface area (TPSA) is 39.7 Å². The smallest absolute Gasteiger partial charge is 0.118 e. The van der Waals surface area contributed by atoms with Crippen LogP contribution < -0.4 is 10.1 Å². The molecule has 0 bridgehead atoms. The third-order valence-corrected chi connectivity index (χ3v) is 3.37. The van der Waals surface area contributed by atoms with Gasteiger partial charge in [-0.25, -0.2) is 0 Å². The van der Waals surface area contributed by atoms with E-state index in [1.165, 1.54) is 5.56 Å². The van der Waals surface area contributed by atoms with Gasteiger partial charge in [-0.15, -0.1) is 0 Å². The van der Waals surface area contributed by atoms with Gasteiger partial charge in [-0.05, 0) is 43.5 Å². The highest BCUT2D eigenvalue weighted by molar-refractivity contribution is 5.27. The van der Waals surface area contributed by atoms with Crippen LogP contribution in [0.3, 0.4) is 0 Å². The molecule has 1 atom stereocenters. The highest BCUT2D eigenvalue weighted by Gasteiger charge is 2.08. The molecule has 1 unspecified atom stereocenters. The average molecular weight is 295 g/mol. The molecule has 0 radical (unpaired) electrons. The summed E-state index contributed by atoms with van der Waals surface area (Å²) in [7, 11) is 3.39. The number of nitrogens with one attached hydrogen (secondary N) is 1. The number of hydrogen-bond donors (Lipinski definition) is 1. The summed E-state index contributed by atoms with van der Waals surface area (Å²) in [5.41, 5.74) is 1.33. The summed E-state index contributed by atoms with van der Waals surface area (Å²) in [5.74, 6) is 0.905. The van der Waals surface area contributed by atoms with Crippen molar-refractivity contribution in [2.24, 2.45) is 0 Å². The summed E-state index contributed by atoms with van der Waals surface area (Å²) < 4.78 is 15.8. The molecule has 0 aliphatic heterocycles. The average Bonchev–Trinajstić information content (AvgIpc) is 2.53. The Bertz CT molecular complexity index is 354. The molecule has 1 N–H and O–H groups in total. The second kappa shape index (κ2) is 11.5. The highest BCUT2D eigenvalue weighted by Crippen LogP contribution is 2.13. The van der Waals surface area contributed by atoms with Crippen molar-refractivity contribution in [3.63, 3.8) is 0 Å². The first-order chi connectivity index (χ1) is 10.3. The largest absolute Gasteiger partial charge is 0.497 e. The molecule has 0 saturated carbocycles. The Kier molecular flexibility index (Phi) is 9.87. The lowest BCUT2D eigenvalue weighted by molar-refractivity contribution is 0.0575. The van der Waals surface area contributed by atoms with Gasteiger partial charge in [0, 0.05) is 13.2 Å². The minimum atomic E-state index is 0.393. The maximum absolute atomic E-state index is 5.65. The fraction of sp³-hybridized carbons (Fsp3) is 0.647. The van der Waals surface area contributed by atoms with Gasteiger partial charge in [0.15, 0.2) is 0 Å². The van der Waals surface area contributed by atoms with Crippen LogP contribution in [-0.2, 0) is 15.9 Å². The van der Waals surface area contributed by atoms with E-state index in [4.69, 9.17) is 14.2 Å². The molecule has 1 rings (SSSR count). The van der Waals surface area contributed by atoms with E-state index in [0.29, 0.717) is 19.3 Å². The monoisotopic (exact) mass is 295 g/mol. The van der Waals surface area contributed by atoms with Gasteiger partial charge in [0.05, 0.1) is 26.9 Å². The van der Waals surface area contributed by atoms with Crippen LogP contribution in [0, 0.1) is 0 Å². The van der Waals surface area contributed by atoms with E-state index in [1.807, 2.05) is 12.1 Å². The van der Waals surface area contributed by atoms with Crippen molar-refractivity contribution in [1.82, 2.24) is 5.32 Å². The molecule has 0 spiro atoms. The van der Waals surface area contributed by atoms with Crippen LogP contribution >= 0.6 is 0 Å². The maximum Gasteiger partial charge on any atom is 0.118 e. The summed E-state index contributed by atoms with van der Waals surface area (Å²) in [6, 6.07) is 8.67. The standard InChI is InChI=1S/C17H29NO3/c1-4-11-18-16(14-21-13-12-19-2)8-5-15-6-9-17(20-3)10-7-15/h6-7,9-10,16,18H,4-5,8,11-14H2,1-3H3. The Morgan fingerprint density at radius 1 is 1.10 bits per heavy atom. The van der Waals surface area contributed by atoms with Crippen molar-refractivity contribution in [3.05, 3.63) is 29.8 Å². The molecule has 0 heterocycles. The molecule has 0 aromatic heterocycles. The fourth-order valence-electron chi connectivity index (χ4n) is 2.09. The molecule has 1 aromatic carbocycles. The van der Waals surface area contributed by atoms with Gasteiger partial charge < -0.3 is 19.5 Å². The van der Waals surface area contributed by atoms with Crippen LogP contribution in [0.2, 0.25) is 0 Å². The molecule has 1 aromatic rings. The van der Waals surface area contributed by atoms with E-state index in [2.05, 4.69) is 24.4 Å². The third kappa shape index (κ3) is 8.05. The fourth-order valence-corrected chi connectivity index (χ4v) is 2.09. The number of rotatable bonds is 12. The van der Waals surface area contributed by atoms with Crippen LogP contribution in [-0.4, -0.2) is 46.6 Å². The van der Waals surface area contributed by atoms with Crippen LogP contribution in [0.25, 0.3) is 0 Å². The van der Waals surface area contributed by atoms with E-state index in [1.54, 1.807) is 14.2 Å². The predicted octanol–water partition coefficient (Wildman–Crippen LogP) is 2.66. The van der Waals surface area contributed by atoms with Crippen LogP contribution in [0.1, 0.15) is 25.3 Å². The number of methoxy groups -OCH3 is 2. The zero-order valence-corrected chi connectivity index (χ0v) is 13.6. The molecule has 4 nitrogen and oxygen atoms in total.